The van der Waals surface area contributed by atoms with E-state index < -0.39 is 23.3 Å². The van der Waals surface area contributed by atoms with Crippen LogP contribution in [0.5, 0.6) is 0 Å². The van der Waals surface area contributed by atoms with Crippen LogP contribution < -0.4 is 0 Å². The lowest BCUT2D eigenvalue weighted by atomic mass is 9.58. The lowest BCUT2D eigenvalue weighted by Crippen LogP contribution is -2.72. The lowest BCUT2D eigenvalue weighted by Gasteiger charge is -2.57. The van der Waals surface area contributed by atoms with Crippen LogP contribution in [0.25, 0.3) is 0 Å². The highest BCUT2D eigenvalue weighted by Crippen LogP contribution is 2.63. The zero-order valence-electron chi connectivity index (χ0n) is 12.3. The number of epoxide rings is 1. The molecule has 0 aromatic carbocycles. The number of carbonyl (C=O) groups is 1. The minimum absolute atomic E-state index is 0.0416. The molecule has 7 atom stereocenters. The zero-order valence-corrected chi connectivity index (χ0v) is 12.3. The molecular weight excluding hydrogens is 276 g/mol. The molecule has 6 nitrogen and oxygen atoms in total. The van der Waals surface area contributed by atoms with Crippen LogP contribution in [-0.4, -0.2) is 35.9 Å². The van der Waals surface area contributed by atoms with Gasteiger partial charge in [-0.25, -0.2) is 14.6 Å². The largest absolute Gasteiger partial charge is 0.430 e. The summed E-state index contributed by atoms with van der Waals surface area (Å²) in [5, 5.41) is 0. The molecule has 0 aromatic rings. The summed E-state index contributed by atoms with van der Waals surface area (Å²) in [4.78, 5) is 24.0. The molecule has 6 heteroatoms. The Labute approximate surface area is 122 Å². The van der Waals surface area contributed by atoms with E-state index in [1.54, 1.807) is 0 Å². The van der Waals surface area contributed by atoms with Crippen molar-refractivity contribution in [3.63, 3.8) is 0 Å². The van der Waals surface area contributed by atoms with Crippen molar-refractivity contribution in [3.05, 3.63) is 0 Å². The van der Waals surface area contributed by atoms with Crippen molar-refractivity contribution >= 4 is 5.97 Å². The Hall–Kier alpha value is -0.690. The van der Waals surface area contributed by atoms with Gasteiger partial charge in [0, 0.05) is 18.3 Å². The van der Waals surface area contributed by atoms with Crippen LogP contribution in [0, 0.1) is 17.8 Å². The monoisotopic (exact) mass is 296 g/mol. The van der Waals surface area contributed by atoms with Gasteiger partial charge in [-0.3, -0.25) is 0 Å². The first kappa shape index (κ1) is 12.8. The summed E-state index contributed by atoms with van der Waals surface area (Å²) in [6.45, 7) is 4.52. The molecule has 0 radical (unpaired) electrons. The predicted octanol–water partition coefficient (Wildman–Crippen LogP) is 1.53. The number of fused-ring (bicyclic) bond motifs is 3. The first-order valence-electron chi connectivity index (χ1n) is 7.90. The number of hydrogen-bond donors (Lipinski definition) is 0. The molecule has 2 spiro atoms. The predicted molar refractivity (Wildman–Crippen MR) is 67.6 cm³/mol. The summed E-state index contributed by atoms with van der Waals surface area (Å²) < 4.78 is 17.2. The molecule has 0 amide bonds. The summed E-state index contributed by atoms with van der Waals surface area (Å²) in [7, 11) is 0. The third kappa shape index (κ3) is 1.36. The molecule has 21 heavy (non-hydrogen) atoms. The van der Waals surface area contributed by atoms with Gasteiger partial charge in [0.05, 0.1) is 6.61 Å². The fourth-order valence-electron chi connectivity index (χ4n) is 5.03. The lowest BCUT2D eigenvalue weighted by molar-refractivity contribution is -0.559. The van der Waals surface area contributed by atoms with Crippen LogP contribution in [0.15, 0.2) is 0 Å². The van der Waals surface area contributed by atoms with Crippen molar-refractivity contribution < 1.29 is 28.8 Å². The summed E-state index contributed by atoms with van der Waals surface area (Å²) in [5.74, 6) is -0.410. The molecule has 2 bridgehead atoms. The number of rotatable bonds is 0. The number of carbonyl (C=O) groups excluding carboxylic acids is 1. The fraction of sp³-hybridized carbons (Fsp3) is 0.933. The second-order valence-electron chi connectivity index (χ2n) is 7.44. The third-order valence-corrected chi connectivity index (χ3v) is 6.30. The average molecular weight is 296 g/mol. The van der Waals surface area contributed by atoms with Gasteiger partial charge in [-0.2, -0.15) is 0 Å². The van der Waals surface area contributed by atoms with Gasteiger partial charge >= 0.3 is 5.97 Å². The van der Waals surface area contributed by atoms with Crippen LogP contribution in [0.3, 0.4) is 0 Å². The smallest absolute Gasteiger partial charge is 0.343 e. The van der Waals surface area contributed by atoms with E-state index in [4.69, 9.17) is 24.0 Å². The van der Waals surface area contributed by atoms with Crippen LogP contribution in [0.2, 0.25) is 0 Å². The van der Waals surface area contributed by atoms with E-state index in [1.807, 2.05) is 6.92 Å². The van der Waals surface area contributed by atoms with Gasteiger partial charge < -0.3 is 14.2 Å². The average Bonchev–Trinajstić information content (AvgIpc) is 3.24. The minimum Gasteiger partial charge on any atom is -0.430 e. The van der Waals surface area contributed by atoms with Crippen molar-refractivity contribution in [2.45, 2.75) is 62.8 Å². The van der Waals surface area contributed by atoms with Gasteiger partial charge in [0.2, 0.25) is 12.1 Å². The molecule has 0 aromatic heterocycles. The van der Waals surface area contributed by atoms with E-state index in [0.29, 0.717) is 12.5 Å². The molecule has 0 unspecified atom stereocenters. The molecule has 6 rings (SSSR count). The van der Waals surface area contributed by atoms with E-state index in [0.717, 1.165) is 25.7 Å². The van der Waals surface area contributed by atoms with Gasteiger partial charge in [0.1, 0.15) is 0 Å². The molecule has 1 aliphatic carbocycles. The second-order valence-corrected chi connectivity index (χ2v) is 7.44. The topological polar surface area (TPSA) is 66.5 Å². The van der Waals surface area contributed by atoms with Crippen molar-refractivity contribution in [1.29, 1.82) is 0 Å². The molecule has 5 aliphatic heterocycles. The highest BCUT2D eigenvalue weighted by molar-refractivity contribution is 5.84. The van der Waals surface area contributed by atoms with Gasteiger partial charge in [-0.05, 0) is 32.1 Å². The Kier molecular flexibility index (Phi) is 2.21. The summed E-state index contributed by atoms with van der Waals surface area (Å²) in [6.07, 6.45) is 2.98. The maximum atomic E-state index is 12.4. The Morgan fingerprint density at radius 3 is 2.76 bits per heavy atom. The molecule has 6 aliphatic rings. The second kappa shape index (κ2) is 3.62. The van der Waals surface area contributed by atoms with Crippen LogP contribution in [0.1, 0.15) is 39.5 Å². The zero-order chi connectivity index (χ0) is 14.5. The molecule has 5 heterocycles. The Bertz CT molecular complexity index is 516. The number of esters is 1. The Morgan fingerprint density at radius 2 is 2.00 bits per heavy atom. The summed E-state index contributed by atoms with van der Waals surface area (Å²) >= 11 is 0. The van der Waals surface area contributed by atoms with Crippen molar-refractivity contribution in [3.8, 4) is 0 Å². The summed E-state index contributed by atoms with van der Waals surface area (Å²) in [6, 6.07) is 0. The van der Waals surface area contributed by atoms with Crippen LogP contribution in [-0.2, 0) is 28.8 Å². The van der Waals surface area contributed by atoms with E-state index in [2.05, 4.69) is 6.92 Å². The maximum Gasteiger partial charge on any atom is 0.343 e. The SMILES string of the molecule is C[C@@H]1CC[C@@H]2[C@]34OO[C@](C)(CC[C@@H]13)O[C@H]4OC(=O)[C@@]21CO1. The highest BCUT2D eigenvalue weighted by atomic mass is 17.3. The Balaban J connectivity index is 1.68. The third-order valence-electron chi connectivity index (χ3n) is 6.30. The van der Waals surface area contributed by atoms with E-state index in [9.17, 15) is 4.79 Å². The Morgan fingerprint density at radius 1 is 1.19 bits per heavy atom. The standard InChI is InChI=1S/C15H20O6/c1-8-3-4-10-14(7-17-14)11(16)18-12-15(10)9(8)5-6-13(2,19-12)20-21-15/h8-10,12H,3-7H2,1-2H3/t8-,9+,10+,12-,13-,14-,15-/m1/s1. The van der Waals surface area contributed by atoms with Gasteiger partial charge in [-0.1, -0.05) is 6.92 Å². The van der Waals surface area contributed by atoms with Crippen molar-refractivity contribution in [2.75, 3.05) is 6.61 Å². The molecule has 6 fully saturated rings. The highest BCUT2D eigenvalue weighted by Gasteiger charge is 2.78. The summed E-state index contributed by atoms with van der Waals surface area (Å²) in [5.41, 5.74) is -1.53. The normalized spacial score (nSPS) is 61.1. The van der Waals surface area contributed by atoms with Crippen molar-refractivity contribution in [2.24, 2.45) is 17.8 Å². The number of ether oxygens (including phenoxy) is 3. The van der Waals surface area contributed by atoms with E-state index in [1.165, 1.54) is 0 Å². The maximum absolute atomic E-state index is 12.4. The molecule has 1 saturated carbocycles. The first-order valence-corrected chi connectivity index (χ1v) is 7.90. The van der Waals surface area contributed by atoms with Gasteiger partial charge in [-0.15, -0.1) is 0 Å². The van der Waals surface area contributed by atoms with E-state index in [-0.39, 0.29) is 17.8 Å². The van der Waals surface area contributed by atoms with Gasteiger partial charge in [0.25, 0.3) is 0 Å². The van der Waals surface area contributed by atoms with Gasteiger partial charge in [0.15, 0.2) is 11.2 Å². The van der Waals surface area contributed by atoms with Crippen LogP contribution >= 0.6 is 0 Å². The fourth-order valence-corrected chi connectivity index (χ4v) is 5.03. The van der Waals surface area contributed by atoms with Crippen LogP contribution in [0.4, 0.5) is 0 Å². The quantitative estimate of drug-likeness (QED) is 0.384. The molecule has 116 valence electrons. The van der Waals surface area contributed by atoms with Crippen molar-refractivity contribution in [1.82, 2.24) is 0 Å². The number of hydrogen-bond acceptors (Lipinski definition) is 6. The van der Waals surface area contributed by atoms with E-state index >= 15 is 0 Å². The molecule has 5 saturated heterocycles. The molecular formula is C15H20O6. The molecule has 0 N–H and O–H groups in total. The first-order chi connectivity index (χ1) is 10.0. The minimum atomic E-state index is -0.827.